The molecular weight excluding hydrogens is 238 g/mol. The number of aliphatic carboxylic acids is 1. The lowest BCUT2D eigenvalue weighted by Crippen LogP contribution is -2.29. The number of rotatable bonds is 7. The average molecular weight is 257 g/mol. The van der Waals surface area contributed by atoms with Gasteiger partial charge < -0.3 is 15.2 Å². The standard InChI is InChI=1S/C12H19NO5/c1-2-18-12(17)9-7-8(13-11(9)16)5-3-4-6-10(14)15/h8-9H,2-7H2,1H3,(H,13,16)(H,14,15). The SMILES string of the molecule is CCOC(=O)C1CC(CCCCC(=O)O)NC1=O. The highest BCUT2D eigenvalue weighted by Crippen LogP contribution is 2.21. The van der Waals surface area contributed by atoms with Gasteiger partial charge in [-0.1, -0.05) is 6.42 Å². The van der Waals surface area contributed by atoms with Crippen molar-refractivity contribution in [2.75, 3.05) is 6.61 Å². The number of carboxylic acid groups (broad SMARTS) is 1. The smallest absolute Gasteiger partial charge is 0.318 e. The summed E-state index contributed by atoms with van der Waals surface area (Å²) in [7, 11) is 0. The van der Waals surface area contributed by atoms with Crippen LogP contribution in [0.25, 0.3) is 0 Å². The first-order chi connectivity index (χ1) is 8.54. The van der Waals surface area contributed by atoms with Gasteiger partial charge >= 0.3 is 11.9 Å². The maximum atomic E-state index is 11.5. The Morgan fingerprint density at radius 3 is 2.78 bits per heavy atom. The van der Waals surface area contributed by atoms with E-state index in [1.165, 1.54) is 0 Å². The van der Waals surface area contributed by atoms with Crippen LogP contribution in [0.5, 0.6) is 0 Å². The van der Waals surface area contributed by atoms with E-state index >= 15 is 0 Å². The average Bonchev–Trinajstić information content (AvgIpc) is 2.66. The van der Waals surface area contributed by atoms with E-state index < -0.39 is 17.9 Å². The number of carboxylic acids is 1. The molecule has 1 rings (SSSR count). The highest BCUT2D eigenvalue weighted by Gasteiger charge is 2.37. The van der Waals surface area contributed by atoms with Crippen LogP contribution in [0.1, 0.15) is 39.0 Å². The molecule has 0 aromatic rings. The summed E-state index contributed by atoms with van der Waals surface area (Å²) in [5, 5.41) is 11.2. The molecule has 0 radical (unpaired) electrons. The predicted molar refractivity (Wildman–Crippen MR) is 62.8 cm³/mol. The summed E-state index contributed by atoms with van der Waals surface area (Å²) in [5.74, 6) is -2.26. The largest absolute Gasteiger partial charge is 0.481 e. The Bertz CT molecular complexity index is 328. The number of hydrogen-bond acceptors (Lipinski definition) is 4. The summed E-state index contributed by atoms with van der Waals surface area (Å²) in [5.41, 5.74) is 0. The van der Waals surface area contributed by atoms with Crippen LogP contribution in [0.2, 0.25) is 0 Å². The van der Waals surface area contributed by atoms with E-state index in [-0.39, 0.29) is 25.0 Å². The lowest BCUT2D eigenvalue weighted by Gasteiger charge is -2.08. The van der Waals surface area contributed by atoms with Gasteiger partial charge in [-0.15, -0.1) is 0 Å². The quantitative estimate of drug-likeness (QED) is 0.398. The molecule has 6 heteroatoms. The third-order valence-corrected chi connectivity index (χ3v) is 2.95. The molecule has 1 amide bonds. The van der Waals surface area contributed by atoms with E-state index in [4.69, 9.17) is 9.84 Å². The van der Waals surface area contributed by atoms with Crippen molar-refractivity contribution in [3.05, 3.63) is 0 Å². The maximum Gasteiger partial charge on any atom is 0.318 e. The highest BCUT2D eigenvalue weighted by atomic mass is 16.5. The Kier molecular flexibility index (Phi) is 5.61. The minimum absolute atomic E-state index is 0.0410. The van der Waals surface area contributed by atoms with Gasteiger partial charge in [0.2, 0.25) is 5.91 Å². The van der Waals surface area contributed by atoms with E-state index in [9.17, 15) is 14.4 Å². The summed E-state index contributed by atoms with van der Waals surface area (Å²) in [6, 6.07) is -0.0410. The third kappa shape index (κ3) is 4.35. The van der Waals surface area contributed by atoms with Gasteiger partial charge in [-0.3, -0.25) is 14.4 Å². The minimum Gasteiger partial charge on any atom is -0.481 e. The number of hydrogen-bond donors (Lipinski definition) is 2. The Hall–Kier alpha value is -1.59. The number of carbonyl (C=O) groups excluding carboxylic acids is 2. The lowest BCUT2D eigenvalue weighted by molar-refractivity contribution is -0.150. The van der Waals surface area contributed by atoms with Gasteiger partial charge in [0.1, 0.15) is 5.92 Å². The van der Waals surface area contributed by atoms with Crippen molar-refractivity contribution >= 4 is 17.8 Å². The van der Waals surface area contributed by atoms with E-state index in [0.717, 1.165) is 6.42 Å². The molecule has 0 aliphatic carbocycles. The lowest BCUT2D eigenvalue weighted by atomic mass is 10.0. The molecule has 0 saturated carbocycles. The van der Waals surface area contributed by atoms with E-state index in [2.05, 4.69) is 5.32 Å². The fourth-order valence-electron chi connectivity index (χ4n) is 2.06. The van der Waals surface area contributed by atoms with E-state index in [0.29, 0.717) is 19.3 Å². The fraction of sp³-hybridized carbons (Fsp3) is 0.750. The van der Waals surface area contributed by atoms with Gasteiger partial charge in [0.05, 0.1) is 6.61 Å². The van der Waals surface area contributed by atoms with Crippen LogP contribution in [0.4, 0.5) is 0 Å². The summed E-state index contributed by atoms with van der Waals surface area (Å²) in [6.07, 6.45) is 2.61. The molecule has 1 heterocycles. The molecule has 18 heavy (non-hydrogen) atoms. The molecular formula is C12H19NO5. The Labute approximate surface area is 106 Å². The molecule has 2 atom stereocenters. The van der Waals surface area contributed by atoms with Gasteiger partial charge in [0, 0.05) is 12.5 Å². The van der Waals surface area contributed by atoms with Gasteiger partial charge in [-0.2, -0.15) is 0 Å². The van der Waals surface area contributed by atoms with Crippen molar-refractivity contribution < 1.29 is 24.2 Å². The summed E-state index contributed by atoms with van der Waals surface area (Å²) in [6.45, 7) is 1.97. The maximum absolute atomic E-state index is 11.5. The van der Waals surface area contributed by atoms with Gasteiger partial charge in [-0.25, -0.2) is 0 Å². The topological polar surface area (TPSA) is 92.7 Å². The molecule has 1 aliphatic heterocycles. The van der Waals surface area contributed by atoms with E-state index in [1.54, 1.807) is 6.92 Å². The minimum atomic E-state index is -0.810. The van der Waals surface area contributed by atoms with Crippen molar-refractivity contribution in [3.63, 3.8) is 0 Å². The molecule has 1 aliphatic rings. The number of amides is 1. The number of unbranched alkanes of at least 4 members (excludes halogenated alkanes) is 1. The van der Waals surface area contributed by atoms with Crippen molar-refractivity contribution in [2.45, 2.75) is 45.1 Å². The summed E-state index contributed by atoms with van der Waals surface area (Å²) < 4.78 is 4.82. The number of ether oxygens (including phenoxy) is 1. The molecule has 0 aromatic heterocycles. The molecule has 1 saturated heterocycles. The zero-order chi connectivity index (χ0) is 13.5. The van der Waals surface area contributed by atoms with Crippen molar-refractivity contribution in [2.24, 2.45) is 5.92 Å². The van der Waals surface area contributed by atoms with Crippen molar-refractivity contribution in [1.82, 2.24) is 5.32 Å². The molecule has 2 unspecified atom stereocenters. The second-order valence-electron chi connectivity index (χ2n) is 4.39. The van der Waals surface area contributed by atoms with E-state index in [1.807, 2.05) is 0 Å². The third-order valence-electron chi connectivity index (χ3n) is 2.95. The van der Waals surface area contributed by atoms with Gasteiger partial charge in [0.15, 0.2) is 0 Å². The number of esters is 1. The van der Waals surface area contributed by atoms with Gasteiger partial charge in [-0.05, 0) is 26.2 Å². The molecule has 0 spiro atoms. The van der Waals surface area contributed by atoms with Crippen LogP contribution >= 0.6 is 0 Å². The van der Waals surface area contributed by atoms with Crippen LogP contribution in [0.15, 0.2) is 0 Å². The molecule has 2 N–H and O–H groups in total. The Morgan fingerprint density at radius 2 is 2.17 bits per heavy atom. The molecule has 6 nitrogen and oxygen atoms in total. The first-order valence-corrected chi connectivity index (χ1v) is 6.23. The first-order valence-electron chi connectivity index (χ1n) is 6.23. The first kappa shape index (κ1) is 14.5. The van der Waals surface area contributed by atoms with Gasteiger partial charge in [0.25, 0.3) is 0 Å². The van der Waals surface area contributed by atoms with Crippen molar-refractivity contribution in [3.8, 4) is 0 Å². The van der Waals surface area contributed by atoms with Crippen LogP contribution in [0, 0.1) is 5.92 Å². The summed E-state index contributed by atoms with van der Waals surface area (Å²) >= 11 is 0. The summed E-state index contributed by atoms with van der Waals surface area (Å²) in [4.78, 5) is 33.3. The predicted octanol–water partition coefficient (Wildman–Crippen LogP) is 0.699. The van der Waals surface area contributed by atoms with Crippen molar-refractivity contribution in [1.29, 1.82) is 0 Å². The normalized spacial score (nSPS) is 22.6. The Morgan fingerprint density at radius 1 is 1.44 bits per heavy atom. The monoisotopic (exact) mass is 257 g/mol. The number of nitrogens with one attached hydrogen (secondary N) is 1. The zero-order valence-corrected chi connectivity index (χ0v) is 10.5. The second kappa shape index (κ2) is 6.98. The second-order valence-corrected chi connectivity index (χ2v) is 4.39. The Balaban J connectivity index is 2.28. The molecule has 102 valence electrons. The fourth-order valence-corrected chi connectivity index (χ4v) is 2.06. The van der Waals surface area contributed by atoms with Crippen LogP contribution in [0.3, 0.4) is 0 Å². The zero-order valence-electron chi connectivity index (χ0n) is 10.5. The highest BCUT2D eigenvalue weighted by molar-refractivity contribution is 5.99. The number of carbonyl (C=O) groups is 3. The molecule has 0 aromatic carbocycles. The van der Waals surface area contributed by atoms with Crippen LogP contribution in [-0.2, 0) is 19.1 Å². The molecule has 1 fully saturated rings. The van der Waals surface area contributed by atoms with Crippen LogP contribution < -0.4 is 5.32 Å². The van der Waals surface area contributed by atoms with Crippen LogP contribution in [-0.4, -0.2) is 35.6 Å². The molecule has 0 bridgehead atoms.